The Morgan fingerprint density at radius 2 is 1.80 bits per heavy atom. The molecule has 0 amide bonds. The first-order valence-electron chi connectivity index (χ1n) is 10.00. The Morgan fingerprint density at radius 3 is 2.60 bits per heavy atom. The number of hydrazine groups is 1. The Labute approximate surface area is 151 Å². The van der Waals surface area contributed by atoms with E-state index < -0.39 is 0 Å². The Balaban J connectivity index is 1.51. The molecule has 2 heterocycles. The molecule has 1 unspecified atom stereocenters. The van der Waals surface area contributed by atoms with Gasteiger partial charge in [-0.1, -0.05) is 37.5 Å². The van der Waals surface area contributed by atoms with Gasteiger partial charge in [-0.15, -0.1) is 0 Å². The maximum Gasteiger partial charge on any atom is 0.129 e. The van der Waals surface area contributed by atoms with Gasteiger partial charge >= 0.3 is 0 Å². The number of rotatable bonds is 5. The summed E-state index contributed by atoms with van der Waals surface area (Å²) in [4.78, 5) is 7.57. The maximum atomic E-state index is 6.43. The number of nitrogens with one attached hydrogen (secondary N) is 1. The molecule has 136 valence electrons. The van der Waals surface area contributed by atoms with Gasteiger partial charge in [-0.3, -0.25) is 10.3 Å². The minimum atomic E-state index is 0.0488. The molecule has 2 fully saturated rings. The molecule has 5 nitrogen and oxygen atoms in total. The van der Waals surface area contributed by atoms with E-state index >= 15 is 0 Å². The zero-order valence-corrected chi connectivity index (χ0v) is 15.2. The van der Waals surface area contributed by atoms with E-state index in [1.807, 2.05) is 5.01 Å². The van der Waals surface area contributed by atoms with Crippen LogP contribution in [0.4, 0.5) is 5.69 Å². The summed E-state index contributed by atoms with van der Waals surface area (Å²) in [7, 11) is 0. The summed E-state index contributed by atoms with van der Waals surface area (Å²) in [5, 5.41) is 5.62. The van der Waals surface area contributed by atoms with Gasteiger partial charge in [0.15, 0.2) is 0 Å². The van der Waals surface area contributed by atoms with Crippen LogP contribution in [0.1, 0.15) is 63.1 Å². The number of likely N-dealkylation sites (tertiary alicyclic amines) is 1. The highest BCUT2D eigenvalue weighted by Crippen LogP contribution is 2.32. The van der Waals surface area contributed by atoms with E-state index in [0.29, 0.717) is 6.04 Å². The molecule has 1 saturated carbocycles. The topological polar surface area (TPSA) is 56.9 Å². The lowest BCUT2D eigenvalue weighted by Crippen LogP contribution is -2.45. The zero-order chi connectivity index (χ0) is 17.1. The number of fused-ring (bicyclic) bond motifs is 1. The molecule has 0 spiro atoms. The summed E-state index contributed by atoms with van der Waals surface area (Å²) in [5.41, 5.74) is 2.31. The van der Waals surface area contributed by atoms with Crippen molar-refractivity contribution in [1.82, 2.24) is 10.2 Å². The third-order valence-electron chi connectivity index (χ3n) is 5.90. The second kappa shape index (κ2) is 7.85. The minimum absolute atomic E-state index is 0.0488. The number of para-hydroxylation sites is 1. The SMILES string of the molecule is NN1C(CCN2CCCC2)=NC(NC2CCCCC2)c2ccccc21. The number of anilines is 1. The van der Waals surface area contributed by atoms with Crippen LogP contribution in [-0.4, -0.2) is 36.4 Å². The molecule has 2 aliphatic heterocycles. The van der Waals surface area contributed by atoms with E-state index in [-0.39, 0.29) is 6.17 Å². The third kappa shape index (κ3) is 3.89. The van der Waals surface area contributed by atoms with E-state index in [1.54, 1.807) is 0 Å². The fourth-order valence-electron chi connectivity index (χ4n) is 4.43. The number of benzene rings is 1. The standard InChI is InChI=1S/C20H31N5/c21-25-18-11-5-4-10-17(18)20(22-16-8-2-1-3-9-16)23-19(25)12-15-24-13-6-7-14-24/h4-5,10-11,16,20,22H,1-3,6-9,12-15,21H2. The highest BCUT2D eigenvalue weighted by atomic mass is 15.5. The van der Waals surface area contributed by atoms with Gasteiger partial charge in [-0.05, 0) is 44.8 Å². The van der Waals surface area contributed by atoms with Crippen molar-refractivity contribution in [3.63, 3.8) is 0 Å². The van der Waals surface area contributed by atoms with Gasteiger partial charge in [0.2, 0.25) is 0 Å². The molecule has 25 heavy (non-hydrogen) atoms. The number of amidine groups is 1. The Bertz CT molecular complexity index is 602. The van der Waals surface area contributed by atoms with Crippen molar-refractivity contribution in [3.05, 3.63) is 29.8 Å². The summed E-state index contributed by atoms with van der Waals surface area (Å²) in [6.45, 7) is 3.50. The molecule has 1 aromatic rings. The number of hydrogen-bond donors (Lipinski definition) is 2. The van der Waals surface area contributed by atoms with E-state index in [9.17, 15) is 0 Å². The van der Waals surface area contributed by atoms with Crippen molar-refractivity contribution in [2.45, 2.75) is 63.6 Å². The van der Waals surface area contributed by atoms with Gasteiger partial charge in [-0.25, -0.2) is 10.8 Å². The summed E-state index contributed by atoms with van der Waals surface area (Å²) < 4.78 is 0. The summed E-state index contributed by atoms with van der Waals surface area (Å²) in [6, 6.07) is 9.03. The average molecular weight is 342 g/mol. The molecule has 0 bridgehead atoms. The molecule has 1 aliphatic carbocycles. The quantitative estimate of drug-likeness (QED) is 0.808. The van der Waals surface area contributed by atoms with Gasteiger partial charge < -0.3 is 4.90 Å². The summed E-state index contributed by atoms with van der Waals surface area (Å²) in [6.07, 6.45) is 10.2. The first kappa shape index (κ1) is 17.0. The molecule has 3 aliphatic rings. The first-order valence-corrected chi connectivity index (χ1v) is 10.00. The van der Waals surface area contributed by atoms with Crippen molar-refractivity contribution < 1.29 is 0 Å². The van der Waals surface area contributed by atoms with Crippen molar-refractivity contribution in [2.24, 2.45) is 10.8 Å². The Morgan fingerprint density at radius 1 is 1.04 bits per heavy atom. The fraction of sp³-hybridized carbons (Fsp3) is 0.650. The molecule has 4 rings (SSSR count). The van der Waals surface area contributed by atoms with Crippen molar-refractivity contribution in [1.29, 1.82) is 0 Å². The molecule has 0 aromatic heterocycles. The van der Waals surface area contributed by atoms with Crippen molar-refractivity contribution >= 4 is 11.5 Å². The van der Waals surface area contributed by atoms with Crippen LogP contribution in [0.2, 0.25) is 0 Å². The van der Waals surface area contributed by atoms with E-state index in [0.717, 1.165) is 24.5 Å². The monoisotopic (exact) mass is 341 g/mol. The maximum absolute atomic E-state index is 6.43. The first-order chi connectivity index (χ1) is 12.3. The minimum Gasteiger partial charge on any atom is -0.303 e. The molecule has 0 radical (unpaired) electrons. The van der Waals surface area contributed by atoms with Gasteiger partial charge in [0.05, 0.1) is 5.69 Å². The van der Waals surface area contributed by atoms with E-state index in [2.05, 4.69) is 34.5 Å². The molecule has 1 saturated heterocycles. The lowest BCUT2D eigenvalue weighted by molar-refractivity contribution is 0.337. The van der Waals surface area contributed by atoms with Crippen LogP contribution < -0.4 is 16.2 Å². The molecule has 1 atom stereocenters. The highest BCUT2D eigenvalue weighted by Gasteiger charge is 2.28. The van der Waals surface area contributed by atoms with Crippen LogP contribution in [-0.2, 0) is 0 Å². The van der Waals surface area contributed by atoms with Crippen LogP contribution in [0.5, 0.6) is 0 Å². The molecule has 3 N–H and O–H groups in total. The van der Waals surface area contributed by atoms with Gasteiger partial charge in [-0.2, -0.15) is 0 Å². The lowest BCUT2D eigenvalue weighted by atomic mass is 9.94. The fourth-order valence-corrected chi connectivity index (χ4v) is 4.43. The van der Waals surface area contributed by atoms with Gasteiger partial charge in [0.25, 0.3) is 0 Å². The highest BCUT2D eigenvalue weighted by molar-refractivity contribution is 5.99. The third-order valence-corrected chi connectivity index (χ3v) is 5.90. The van der Waals surface area contributed by atoms with Crippen molar-refractivity contribution in [2.75, 3.05) is 24.6 Å². The largest absolute Gasteiger partial charge is 0.303 e. The van der Waals surface area contributed by atoms with Gasteiger partial charge in [0, 0.05) is 24.6 Å². The molecule has 1 aromatic carbocycles. The van der Waals surface area contributed by atoms with Crippen LogP contribution in [0.3, 0.4) is 0 Å². The second-order valence-corrected chi connectivity index (χ2v) is 7.68. The van der Waals surface area contributed by atoms with Crippen LogP contribution in [0.15, 0.2) is 29.3 Å². The Kier molecular flexibility index (Phi) is 5.34. The molecular formula is C20H31N5. The zero-order valence-electron chi connectivity index (χ0n) is 15.2. The number of nitrogens with zero attached hydrogens (tertiary/aromatic N) is 3. The Hall–Kier alpha value is -1.43. The van der Waals surface area contributed by atoms with Crippen LogP contribution in [0, 0.1) is 0 Å². The summed E-state index contributed by atoms with van der Waals surface area (Å²) >= 11 is 0. The normalized spacial score (nSPS) is 25.1. The molecule has 5 heteroatoms. The number of nitrogens with two attached hydrogens (primary N) is 1. The predicted molar refractivity (Wildman–Crippen MR) is 104 cm³/mol. The number of hydrogen-bond acceptors (Lipinski definition) is 5. The van der Waals surface area contributed by atoms with Crippen LogP contribution >= 0.6 is 0 Å². The number of aliphatic imine (C=N–C) groups is 1. The van der Waals surface area contributed by atoms with E-state index in [4.69, 9.17) is 10.8 Å². The lowest BCUT2D eigenvalue weighted by Gasteiger charge is -2.35. The van der Waals surface area contributed by atoms with E-state index in [1.165, 1.54) is 63.6 Å². The van der Waals surface area contributed by atoms with Gasteiger partial charge in [0.1, 0.15) is 12.0 Å². The summed E-state index contributed by atoms with van der Waals surface area (Å²) in [5.74, 6) is 7.44. The second-order valence-electron chi connectivity index (χ2n) is 7.68. The molecular weight excluding hydrogens is 310 g/mol. The van der Waals surface area contributed by atoms with Crippen molar-refractivity contribution in [3.8, 4) is 0 Å². The average Bonchev–Trinajstić information content (AvgIpc) is 3.17. The van der Waals surface area contributed by atoms with Crippen LogP contribution in [0.25, 0.3) is 0 Å². The smallest absolute Gasteiger partial charge is 0.129 e. The predicted octanol–water partition coefficient (Wildman–Crippen LogP) is 3.19.